The van der Waals surface area contributed by atoms with Crippen LogP contribution in [-0.2, 0) is 9.53 Å². The number of aliphatic hydroxyl groups is 2. The van der Waals surface area contributed by atoms with Crippen LogP contribution in [0, 0.1) is 50.2 Å². The number of hydrogen-bond donors (Lipinski definition) is 2. The maximum Gasteiger partial charge on any atom is 0.309 e. The highest BCUT2D eigenvalue weighted by atomic mass is 16.5. The first-order chi connectivity index (χ1) is 14.8. The molecule has 1 fully saturated rings. The molecular weight excluding hydrogens is 424 g/mol. The Morgan fingerprint density at radius 1 is 0.882 bits per heavy atom. The summed E-state index contributed by atoms with van der Waals surface area (Å²) in [5.41, 5.74) is -1.08. The zero-order valence-electron chi connectivity index (χ0n) is 25.2. The Kier molecular flexibility index (Phi) is 8.95. The van der Waals surface area contributed by atoms with Crippen LogP contribution in [0.5, 0.6) is 0 Å². The van der Waals surface area contributed by atoms with Gasteiger partial charge in [-0.15, -0.1) is 0 Å². The fourth-order valence-corrected chi connectivity index (χ4v) is 5.77. The van der Waals surface area contributed by atoms with Crippen LogP contribution in [0.3, 0.4) is 0 Å². The Labute approximate surface area is 211 Å². The molecule has 4 nitrogen and oxygen atoms in total. The molecule has 1 rings (SSSR count). The molecule has 202 valence electrons. The summed E-state index contributed by atoms with van der Waals surface area (Å²) in [6, 6.07) is 0. The minimum atomic E-state index is -1.40. The number of aliphatic hydroxyl groups excluding tert-OH is 1. The van der Waals surface area contributed by atoms with Crippen LogP contribution >= 0.6 is 0 Å². The Morgan fingerprint density at radius 2 is 1.35 bits per heavy atom. The summed E-state index contributed by atoms with van der Waals surface area (Å²) in [7, 11) is 0. The third-order valence-corrected chi connectivity index (χ3v) is 10.4. The summed E-state index contributed by atoms with van der Waals surface area (Å²) in [6.45, 7) is 32.7. The van der Waals surface area contributed by atoms with Crippen LogP contribution in [0.15, 0.2) is 0 Å². The highest BCUT2D eigenvalue weighted by molar-refractivity contribution is 5.74. The molecular formula is C30H58O4. The molecule has 1 aliphatic carbocycles. The van der Waals surface area contributed by atoms with Crippen molar-refractivity contribution in [2.75, 3.05) is 0 Å². The summed E-state index contributed by atoms with van der Waals surface area (Å²) < 4.78 is 6.40. The number of esters is 1. The first-order valence-corrected chi connectivity index (χ1v) is 13.4. The van der Waals surface area contributed by atoms with Crippen molar-refractivity contribution in [1.82, 2.24) is 0 Å². The summed E-state index contributed by atoms with van der Waals surface area (Å²) >= 11 is 0. The van der Waals surface area contributed by atoms with Crippen molar-refractivity contribution in [3.05, 3.63) is 0 Å². The molecule has 34 heavy (non-hydrogen) atoms. The van der Waals surface area contributed by atoms with E-state index in [1.54, 1.807) is 0 Å². The van der Waals surface area contributed by atoms with Gasteiger partial charge in [-0.25, -0.2) is 0 Å². The van der Waals surface area contributed by atoms with E-state index in [4.69, 9.17) is 4.74 Å². The summed E-state index contributed by atoms with van der Waals surface area (Å²) in [5, 5.41) is 20.4. The van der Waals surface area contributed by atoms with Crippen LogP contribution in [0.25, 0.3) is 0 Å². The van der Waals surface area contributed by atoms with Crippen molar-refractivity contribution in [1.29, 1.82) is 0 Å². The molecule has 2 N–H and O–H groups in total. The molecule has 0 aromatic rings. The van der Waals surface area contributed by atoms with Crippen molar-refractivity contribution in [2.24, 2.45) is 50.2 Å². The standard InChI is InChI=1S/C30H58O4/c1-19-16-22(30(14,15)28(19,10)11)34-24(33)21(17-25(2,3)4)29(12,13)27(8,9)18-20(23(31)32)26(5,6)7/h19-23,31-32H,16-18H2,1-15H3. The highest BCUT2D eigenvalue weighted by Gasteiger charge is 2.56. The van der Waals surface area contributed by atoms with E-state index in [0.717, 1.165) is 12.8 Å². The third kappa shape index (κ3) is 6.38. The van der Waals surface area contributed by atoms with E-state index in [0.29, 0.717) is 12.3 Å². The Hall–Kier alpha value is -0.610. The molecule has 0 aliphatic heterocycles. The van der Waals surface area contributed by atoms with Crippen molar-refractivity contribution in [3.8, 4) is 0 Å². The molecule has 0 heterocycles. The number of rotatable bonds is 8. The van der Waals surface area contributed by atoms with Crippen molar-refractivity contribution < 1.29 is 19.7 Å². The lowest BCUT2D eigenvalue weighted by Crippen LogP contribution is -2.49. The second kappa shape index (κ2) is 9.69. The van der Waals surface area contributed by atoms with Gasteiger partial charge >= 0.3 is 5.97 Å². The van der Waals surface area contributed by atoms with E-state index in [1.165, 1.54) is 0 Å². The predicted molar refractivity (Wildman–Crippen MR) is 142 cm³/mol. The van der Waals surface area contributed by atoms with Gasteiger partial charge in [0, 0.05) is 11.3 Å². The fraction of sp³-hybridized carbons (Fsp3) is 0.967. The molecule has 0 radical (unpaired) electrons. The van der Waals surface area contributed by atoms with Crippen LogP contribution in [0.4, 0.5) is 0 Å². The quantitative estimate of drug-likeness (QED) is 0.278. The second-order valence-corrected chi connectivity index (χ2v) is 16.0. The first-order valence-electron chi connectivity index (χ1n) is 13.4. The minimum Gasteiger partial charge on any atom is -0.462 e. The van der Waals surface area contributed by atoms with Gasteiger partial charge in [-0.1, -0.05) is 104 Å². The zero-order valence-corrected chi connectivity index (χ0v) is 25.2. The van der Waals surface area contributed by atoms with Crippen LogP contribution in [-0.4, -0.2) is 28.6 Å². The van der Waals surface area contributed by atoms with Crippen LogP contribution in [0.2, 0.25) is 0 Å². The fourth-order valence-electron chi connectivity index (χ4n) is 5.77. The third-order valence-electron chi connectivity index (χ3n) is 10.4. The smallest absolute Gasteiger partial charge is 0.309 e. The van der Waals surface area contributed by atoms with E-state index in [-0.39, 0.29) is 51.0 Å². The lowest BCUT2D eigenvalue weighted by molar-refractivity contribution is -0.174. The number of carbonyl (C=O) groups excluding carboxylic acids is 1. The second-order valence-electron chi connectivity index (χ2n) is 16.0. The normalized spacial score (nSPS) is 25.4. The maximum atomic E-state index is 14.0. The molecule has 1 aliphatic rings. The van der Waals surface area contributed by atoms with Gasteiger partial charge in [0.2, 0.25) is 0 Å². The van der Waals surface area contributed by atoms with Gasteiger partial charge in [0.1, 0.15) is 6.10 Å². The summed E-state index contributed by atoms with van der Waals surface area (Å²) in [4.78, 5) is 14.0. The van der Waals surface area contributed by atoms with Crippen LogP contribution in [0.1, 0.15) is 123 Å². The lowest BCUT2D eigenvalue weighted by Gasteiger charge is -2.51. The minimum absolute atomic E-state index is 0.0469. The largest absolute Gasteiger partial charge is 0.462 e. The molecule has 0 aromatic carbocycles. The topological polar surface area (TPSA) is 66.8 Å². The van der Waals surface area contributed by atoms with Crippen molar-refractivity contribution in [2.45, 2.75) is 136 Å². The Morgan fingerprint density at radius 3 is 1.68 bits per heavy atom. The molecule has 4 unspecified atom stereocenters. The molecule has 4 atom stereocenters. The van der Waals surface area contributed by atoms with E-state index >= 15 is 0 Å². The van der Waals surface area contributed by atoms with Gasteiger partial charge < -0.3 is 14.9 Å². The summed E-state index contributed by atoms with van der Waals surface area (Å²) in [6.07, 6.45) is 0.712. The molecule has 0 amide bonds. The van der Waals surface area contributed by atoms with Gasteiger partial charge in [-0.2, -0.15) is 0 Å². The molecule has 0 spiro atoms. The summed E-state index contributed by atoms with van der Waals surface area (Å²) in [5.74, 6) is -0.227. The monoisotopic (exact) mass is 482 g/mol. The Balaban J connectivity index is 3.36. The molecule has 4 heteroatoms. The van der Waals surface area contributed by atoms with E-state index in [9.17, 15) is 15.0 Å². The number of hydrogen-bond acceptors (Lipinski definition) is 4. The van der Waals surface area contributed by atoms with Gasteiger partial charge in [0.05, 0.1) is 5.92 Å². The molecule has 1 saturated carbocycles. The molecule has 0 bridgehead atoms. The molecule has 0 aromatic heterocycles. The SMILES string of the molecule is CC1CC(OC(=O)C(CC(C)(C)C)C(C)(C)C(C)(C)CC(C(O)O)C(C)(C)C)C(C)(C)C1(C)C. The van der Waals surface area contributed by atoms with Gasteiger partial charge in [0.15, 0.2) is 6.29 Å². The Bertz CT molecular complexity index is 700. The van der Waals surface area contributed by atoms with Crippen molar-refractivity contribution in [3.63, 3.8) is 0 Å². The van der Waals surface area contributed by atoms with Gasteiger partial charge in [-0.3, -0.25) is 4.79 Å². The van der Waals surface area contributed by atoms with E-state index < -0.39 is 11.7 Å². The average molecular weight is 483 g/mol. The van der Waals surface area contributed by atoms with Crippen molar-refractivity contribution >= 4 is 5.97 Å². The van der Waals surface area contributed by atoms with Crippen LogP contribution < -0.4 is 0 Å². The zero-order chi connectivity index (χ0) is 27.3. The van der Waals surface area contributed by atoms with E-state index in [2.05, 4.69) is 83.1 Å². The maximum absolute atomic E-state index is 14.0. The van der Waals surface area contributed by atoms with E-state index in [1.807, 2.05) is 20.8 Å². The lowest BCUT2D eigenvalue weighted by atomic mass is 9.54. The van der Waals surface area contributed by atoms with Gasteiger partial charge in [-0.05, 0) is 52.3 Å². The average Bonchev–Trinajstić information content (AvgIpc) is 2.74. The van der Waals surface area contributed by atoms with Gasteiger partial charge in [0.25, 0.3) is 0 Å². The number of carbonyl (C=O) groups is 1. The first kappa shape index (κ1) is 31.4. The predicted octanol–water partition coefficient (Wildman–Crippen LogP) is 7.46. The highest BCUT2D eigenvalue weighted by Crippen LogP contribution is 2.58. The molecule has 0 saturated heterocycles. The number of ether oxygens (including phenoxy) is 1.